The second-order valence-electron chi connectivity index (χ2n) is 5.78. The van der Waals surface area contributed by atoms with Crippen molar-refractivity contribution in [1.29, 1.82) is 0 Å². The molecular weight excluding hydrogens is 384 g/mol. The zero-order valence-corrected chi connectivity index (χ0v) is 15.0. The van der Waals surface area contributed by atoms with Crippen LogP contribution in [-0.2, 0) is 6.18 Å². The Kier molecular flexibility index (Phi) is 5.22. The van der Waals surface area contributed by atoms with Crippen LogP contribution >= 0.6 is 11.3 Å². The summed E-state index contributed by atoms with van der Waals surface area (Å²) in [5.41, 5.74) is -0.626. The Morgan fingerprint density at radius 2 is 1.78 bits per heavy atom. The number of rotatable bonds is 5. The highest BCUT2D eigenvalue weighted by Crippen LogP contribution is 2.33. The summed E-state index contributed by atoms with van der Waals surface area (Å²) in [6.45, 7) is 3.71. The number of benzene rings is 1. The van der Waals surface area contributed by atoms with Gasteiger partial charge < -0.3 is 10.6 Å². The Balaban J connectivity index is 1.99. The summed E-state index contributed by atoms with van der Waals surface area (Å²) < 4.78 is 51.8. The molecule has 0 amide bonds. The summed E-state index contributed by atoms with van der Waals surface area (Å²) in [5.74, 6) is -0.257. The van der Waals surface area contributed by atoms with Crippen molar-refractivity contribution < 1.29 is 17.6 Å². The van der Waals surface area contributed by atoms with Crippen molar-refractivity contribution in [3.05, 3.63) is 41.2 Å². The van der Waals surface area contributed by atoms with Gasteiger partial charge in [0.05, 0.1) is 0 Å². The van der Waals surface area contributed by atoms with Crippen LogP contribution in [0.3, 0.4) is 0 Å². The highest BCUT2D eigenvalue weighted by molar-refractivity contribution is 7.13. The van der Waals surface area contributed by atoms with E-state index in [9.17, 15) is 17.6 Å². The summed E-state index contributed by atoms with van der Waals surface area (Å²) in [6, 6.07) is 5.61. The van der Waals surface area contributed by atoms with Crippen LogP contribution in [0, 0.1) is 5.82 Å². The number of hydrogen-bond acceptors (Lipinski definition) is 7. The predicted octanol–water partition coefficient (Wildman–Crippen LogP) is 4.72. The average molecular weight is 398 g/mol. The van der Waals surface area contributed by atoms with E-state index in [1.54, 1.807) is 6.07 Å². The second kappa shape index (κ2) is 7.43. The van der Waals surface area contributed by atoms with Crippen molar-refractivity contribution in [2.45, 2.75) is 26.1 Å². The molecule has 0 atom stereocenters. The summed E-state index contributed by atoms with van der Waals surface area (Å²) in [6.07, 6.45) is -4.55. The van der Waals surface area contributed by atoms with E-state index in [1.807, 2.05) is 13.8 Å². The Morgan fingerprint density at radius 3 is 2.41 bits per heavy atom. The molecule has 2 N–H and O–H groups in total. The fraction of sp³-hybridized carbons (Fsp3) is 0.250. The number of anilines is 3. The molecule has 0 unspecified atom stereocenters. The van der Waals surface area contributed by atoms with Gasteiger partial charge in [-0.1, -0.05) is 6.07 Å². The summed E-state index contributed by atoms with van der Waals surface area (Å²) in [4.78, 5) is 16.0. The number of hydrogen-bond donors (Lipinski definition) is 2. The molecule has 0 aliphatic rings. The number of aromatic nitrogens is 4. The molecule has 0 bridgehead atoms. The van der Waals surface area contributed by atoms with Gasteiger partial charge in [-0.15, -0.1) is 11.3 Å². The highest BCUT2D eigenvalue weighted by Gasteiger charge is 2.34. The molecule has 0 aliphatic carbocycles. The molecule has 3 rings (SSSR count). The SMILES string of the molecule is CC(C)Nc1nc(Nc2cccc(F)c2)nc(-c2nc(C(F)(F)F)cs2)n1. The van der Waals surface area contributed by atoms with Gasteiger partial charge in [0.25, 0.3) is 0 Å². The van der Waals surface area contributed by atoms with Crippen LogP contribution in [-0.4, -0.2) is 26.0 Å². The minimum absolute atomic E-state index is 0.00109. The lowest BCUT2D eigenvalue weighted by molar-refractivity contribution is -0.140. The summed E-state index contributed by atoms with van der Waals surface area (Å²) in [7, 11) is 0. The molecule has 3 aromatic rings. The topological polar surface area (TPSA) is 75.6 Å². The van der Waals surface area contributed by atoms with Crippen LogP contribution in [0.4, 0.5) is 35.1 Å². The Morgan fingerprint density at radius 1 is 1.04 bits per heavy atom. The van der Waals surface area contributed by atoms with Gasteiger partial charge in [-0.3, -0.25) is 0 Å². The molecule has 142 valence electrons. The van der Waals surface area contributed by atoms with Crippen LogP contribution in [0.1, 0.15) is 19.5 Å². The monoisotopic (exact) mass is 398 g/mol. The van der Waals surface area contributed by atoms with Gasteiger partial charge in [0.2, 0.25) is 11.9 Å². The summed E-state index contributed by atoms with van der Waals surface area (Å²) >= 11 is 0.775. The normalized spacial score (nSPS) is 11.7. The third-order valence-electron chi connectivity index (χ3n) is 3.12. The van der Waals surface area contributed by atoms with Crippen molar-refractivity contribution in [3.8, 4) is 10.8 Å². The minimum atomic E-state index is -4.55. The van der Waals surface area contributed by atoms with E-state index in [0.717, 1.165) is 16.7 Å². The van der Waals surface area contributed by atoms with E-state index >= 15 is 0 Å². The third kappa shape index (κ3) is 4.88. The molecule has 2 heterocycles. The molecule has 0 fully saturated rings. The molecule has 1 aromatic carbocycles. The zero-order chi connectivity index (χ0) is 19.6. The predicted molar refractivity (Wildman–Crippen MR) is 94.4 cm³/mol. The largest absolute Gasteiger partial charge is 0.434 e. The molecule has 0 spiro atoms. The lowest BCUT2D eigenvalue weighted by Crippen LogP contribution is -2.14. The molecule has 0 saturated carbocycles. The molecule has 0 saturated heterocycles. The number of nitrogens with zero attached hydrogens (tertiary/aromatic N) is 4. The molecule has 27 heavy (non-hydrogen) atoms. The van der Waals surface area contributed by atoms with E-state index in [0.29, 0.717) is 5.69 Å². The van der Waals surface area contributed by atoms with Gasteiger partial charge in [-0.05, 0) is 32.0 Å². The maximum Gasteiger partial charge on any atom is 0.434 e. The Labute approximate surface area is 155 Å². The molecular formula is C16H14F4N6S. The first-order valence-corrected chi connectivity index (χ1v) is 8.67. The second-order valence-corrected chi connectivity index (χ2v) is 6.63. The van der Waals surface area contributed by atoms with Crippen LogP contribution < -0.4 is 10.6 Å². The Hall–Kier alpha value is -2.82. The van der Waals surface area contributed by atoms with Gasteiger partial charge in [0.15, 0.2) is 16.5 Å². The van der Waals surface area contributed by atoms with E-state index in [2.05, 4.69) is 30.6 Å². The quantitative estimate of drug-likeness (QED) is 0.606. The third-order valence-corrected chi connectivity index (χ3v) is 3.96. The van der Waals surface area contributed by atoms with Crippen molar-refractivity contribution in [1.82, 2.24) is 19.9 Å². The maximum absolute atomic E-state index is 13.4. The highest BCUT2D eigenvalue weighted by atomic mass is 32.1. The molecule has 0 aliphatic heterocycles. The zero-order valence-electron chi connectivity index (χ0n) is 14.2. The smallest absolute Gasteiger partial charge is 0.352 e. The number of nitrogens with one attached hydrogen (secondary N) is 2. The van der Waals surface area contributed by atoms with Crippen LogP contribution in [0.25, 0.3) is 10.8 Å². The van der Waals surface area contributed by atoms with Gasteiger partial charge in [-0.2, -0.15) is 28.1 Å². The van der Waals surface area contributed by atoms with Gasteiger partial charge in [0.1, 0.15) is 5.82 Å². The fourth-order valence-corrected chi connectivity index (χ4v) is 2.81. The standard InChI is InChI=1S/C16H14F4N6S/c1-8(2)21-14-24-12(13-23-11(7-27-13)16(18,19)20)25-15(26-14)22-10-5-3-4-9(17)6-10/h3-8H,1-2H3,(H2,21,22,24,25,26). The first-order valence-electron chi connectivity index (χ1n) is 7.79. The van der Waals surface area contributed by atoms with Crippen molar-refractivity contribution >= 4 is 28.9 Å². The number of halogens is 4. The lowest BCUT2D eigenvalue weighted by Gasteiger charge is -2.11. The minimum Gasteiger partial charge on any atom is -0.352 e. The van der Waals surface area contributed by atoms with Gasteiger partial charge in [0, 0.05) is 17.1 Å². The van der Waals surface area contributed by atoms with E-state index in [1.165, 1.54) is 18.2 Å². The molecule has 6 nitrogen and oxygen atoms in total. The van der Waals surface area contributed by atoms with Gasteiger partial charge in [-0.25, -0.2) is 9.37 Å². The summed E-state index contributed by atoms with van der Waals surface area (Å²) in [5, 5.41) is 6.68. The number of thiazole rings is 1. The van der Waals surface area contributed by atoms with Crippen molar-refractivity contribution in [2.24, 2.45) is 0 Å². The first-order chi connectivity index (χ1) is 12.7. The number of alkyl halides is 3. The van der Waals surface area contributed by atoms with Crippen molar-refractivity contribution in [3.63, 3.8) is 0 Å². The Bertz CT molecular complexity index is 941. The maximum atomic E-state index is 13.4. The van der Waals surface area contributed by atoms with Crippen LogP contribution in [0.2, 0.25) is 0 Å². The van der Waals surface area contributed by atoms with Gasteiger partial charge >= 0.3 is 6.18 Å². The molecule has 0 radical (unpaired) electrons. The van der Waals surface area contributed by atoms with E-state index in [-0.39, 0.29) is 28.8 Å². The first kappa shape index (κ1) is 19.0. The van der Waals surface area contributed by atoms with Crippen LogP contribution in [0.5, 0.6) is 0 Å². The molecule has 11 heteroatoms. The van der Waals surface area contributed by atoms with Crippen molar-refractivity contribution in [2.75, 3.05) is 10.6 Å². The molecule has 2 aromatic heterocycles. The average Bonchev–Trinajstić information content (AvgIpc) is 3.04. The van der Waals surface area contributed by atoms with Crippen LogP contribution in [0.15, 0.2) is 29.6 Å². The van der Waals surface area contributed by atoms with E-state index < -0.39 is 17.7 Å². The lowest BCUT2D eigenvalue weighted by atomic mass is 10.3. The fourth-order valence-electron chi connectivity index (χ4n) is 2.05. The van der Waals surface area contributed by atoms with E-state index in [4.69, 9.17) is 0 Å².